The molecule has 1 aliphatic heterocycles. The van der Waals surface area contributed by atoms with Crippen molar-refractivity contribution in [1.82, 2.24) is 15.8 Å². The monoisotopic (exact) mass is 237 g/mol. The lowest BCUT2D eigenvalue weighted by Crippen LogP contribution is -2.53. The van der Waals surface area contributed by atoms with Gasteiger partial charge in [-0.05, 0) is 25.8 Å². The van der Waals surface area contributed by atoms with Crippen LogP contribution in [-0.2, 0) is 11.3 Å². The van der Waals surface area contributed by atoms with Crippen LogP contribution in [0.2, 0.25) is 0 Å². The summed E-state index contributed by atoms with van der Waals surface area (Å²) in [6.07, 6.45) is 5.45. The van der Waals surface area contributed by atoms with E-state index in [0.29, 0.717) is 12.3 Å². The van der Waals surface area contributed by atoms with Gasteiger partial charge in [0.2, 0.25) is 5.91 Å². The highest BCUT2D eigenvalue weighted by Crippen LogP contribution is 2.24. The van der Waals surface area contributed by atoms with Crippen LogP contribution in [0.4, 0.5) is 0 Å². The Bertz CT molecular complexity index is 356. The first-order valence-electron chi connectivity index (χ1n) is 6.20. The van der Waals surface area contributed by atoms with Crippen molar-refractivity contribution in [2.45, 2.75) is 44.7 Å². The standard InChI is InChI=1S/C12H19N3O2/c1-2-5-12(6-3-7-14-12)11(16)13-9-10-4-8-15-17-10/h4,8,14H,2-3,5-7,9H2,1H3,(H,13,16). The van der Waals surface area contributed by atoms with E-state index in [1.54, 1.807) is 12.3 Å². The van der Waals surface area contributed by atoms with Crippen LogP contribution >= 0.6 is 0 Å². The van der Waals surface area contributed by atoms with E-state index in [4.69, 9.17) is 4.52 Å². The molecule has 1 aromatic rings. The first-order chi connectivity index (χ1) is 8.27. The molecule has 0 spiro atoms. The quantitative estimate of drug-likeness (QED) is 0.808. The van der Waals surface area contributed by atoms with Crippen molar-refractivity contribution in [2.75, 3.05) is 6.54 Å². The summed E-state index contributed by atoms with van der Waals surface area (Å²) in [6.45, 7) is 3.44. The van der Waals surface area contributed by atoms with Crippen molar-refractivity contribution in [2.24, 2.45) is 0 Å². The number of aromatic nitrogens is 1. The van der Waals surface area contributed by atoms with Crippen LogP contribution in [0.15, 0.2) is 16.8 Å². The Labute approximate surface area is 101 Å². The lowest BCUT2D eigenvalue weighted by Gasteiger charge is -2.27. The Kier molecular flexibility index (Phi) is 3.78. The van der Waals surface area contributed by atoms with Gasteiger partial charge in [-0.2, -0.15) is 0 Å². The molecule has 1 saturated heterocycles. The van der Waals surface area contributed by atoms with Crippen LogP contribution in [0.5, 0.6) is 0 Å². The summed E-state index contributed by atoms with van der Waals surface area (Å²) in [5.74, 6) is 0.760. The minimum absolute atomic E-state index is 0.0771. The van der Waals surface area contributed by atoms with Crippen LogP contribution in [0.1, 0.15) is 38.4 Å². The fraction of sp³-hybridized carbons (Fsp3) is 0.667. The average Bonchev–Trinajstić information content (AvgIpc) is 2.97. The van der Waals surface area contributed by atoms with Crippen LogP contribution in [-0.4, -0.2) is 23.1 Å². The van der Waals surface area contributed by atoms with E-state index < -0.39 is 0 Å². The number of hydrogen-bond donors (Lipinski definition) is 2. The molecule has 0 aliphatic carbocycles. The predicted molar refractivity (Wildman–Crippen MR) is 63.2 cm³/mol. The first-order valence-corrected chi connectivity index (χ1v) is 6.20. The Morgan fingerprint density at radius 1 is 1.71 bits per heavy atom. The normalized spacial score (nSPS) is 23.8. The fourth-order valence-electron chi connectivity index (χ4n) is 2.42. The third-order valence-corrected chi connectivity index (χ3v) is 3.27. The highest BCUT2D eigenvalue weighted by molar-refractivity contribution is 5.86. The molecule has 2 rings (SSSR count). The van der Waals surface area contributed by atoms with Crippen molar-refractivity contribution in [3.63, 3.8) is 0 Å². The van der Waals surface area contributed by atoms with Gasteiger partial charge in [-0.15, -0.1) is 0 Å². The second-order valence-corrected chi connectivity index (χ2v) is 4.52. The summed E-state index contributed by atoms with van der Waals surface area (Å²) >= 11 is 0. The predicted octanol–water partition coefficient (Wildman–Crippen LogP) is 1.21. The van der Waals surface area contributed by atoms with Gasteiger partial charge >= 0.3 is 0 Å². The zero-order valence-corrected chi connectivity index (χ0v) is 10.2. The highest BCUT2D eigenvalue weighted by Gasteiger charge is 2.39. The minimum Gasteiger partial charge on any atom is -0.360 e. The smallest absolute Gasteiger partial charge is 0.240 e. The molecule has 2 heterocycles. The number of nitrogens with one attached hydrogen (secondary N) is 2. The number of carbonyl (C=O) groups excluding carboxylic acids is 1. The second-order valence-electron chi connectivity index (χ2n) is 4.52. The number of amides is 1. The largest absolute Gasteiger partial charge is 0.360 e. The van der Waals surface area contributed by atoms with Crippen LogP contribution < -0.4 is 10.6 Å². The maximum atomic E-state index is 12.2. The lowest BCUT2D eigenvalue weighted by molar-refractivity contribution is -0.127. The van der Waals surface area contributed by atoms with Gasteiger partial charge in [-0.3, -0.25) is 4.79 Å². The zero-order valence-electron chi connectivity index (χ0n) is 10.2. The molecule has 2 N–H and O–H groups in total. The number of carbonyl (C=O) groups is 1. The van der Waals surface area contributed by atoms with E-state index in [1.807, 2.05) is 0 Å². The first kappa shape index (κ1) is 12.1. The maximum absolute atomic E-state index is 12.2. The van der Waals surface area contributed by atoms with Crippen molar-refractivity contribution in [3.8, 4) is 0 Å². The summed E-state index contributed by atoms with van der Waals surface area (Å²) in [4.78, 5) is 12.2. The molecule has 5 nitrogen and oxygen atoms in total. The number of nitrogens with zero attached hydrogens (tertiary/aromatic N) is 1. The molecule has 0 bridgehead atoms. The summed E-state index contributed by atoms with van der Waals surface area (Å²) < 4.78 is 4.95. The Morgan fingerprint density at radius 2 is 2.59 bits per heavy atom. The van der Waals surface area contributed by atoms with Crippen molar-refractivity contribution in [3.05, 3.63) is 18.0 Å². The maximum Gasteiger partial charge on any atom is 0.240 e. The molecular weight excluding hydrogens is 218 g/mol. The number of rotatable bonds is 5. The Balaban J connectivity index is 1.92. The zero-order chi connectivity index (χ0) is 12.1. The van der Waals surface area contributed by atoms with Gasteiger partial charge in [0.15, 0.2) is 5.76 Å². The molecule has 1 aliphatic rings. The Morgan fingerprint density at radius 3 is 3.18 bits per heavy atom. The molecule has 1 aromatic heterocycles. The van der Waals surface area contributed by atoms with Crippen molar-refractivity contribution in [1.29, 1.82) is 0 Å². The molecule has 17 heavy (non-hydrogen) atoms. The molecule has 1 unspecified atom stereocenters. The SMILES string of the molecule is CCCC1(C(=O)NCc2ccno2)CCCN1. The average molecular weight is 237 g/mol. The van der Waals surface area contributed by atoms with Crippen molar-refractivity contribution < 1.29 is 9.32 Å². The molecule has 1 amide bonds. The highest BCUT2D eigenvalue weighted by atomic mass is 16.5. The molecule has 0 radical (unpaired) electrons. The van der Waals surface area contributed by atoms with Gasteiger partial charge in [0.25, 0.3) is 0 Å². The third kappa shape index (κ3) is 2.66. The van der Waals surface area contributed by atoms with E-state index in [1.165, 1.54) is 0 Å². The van der Waals surface area contributed by atoms with Gasteiger partial charge in [-0.25, -0.2) is 0 Å². The Hall–Kier alpha value is -1.36. The van der Waals surface area contributed by atoms with Crippen LogP contribution in [0, 0.1) is 0 Å². The summed E-state index contributed by atoms with van der Waals surface area (Å²) in [7, 11) is 0. The van der Waals surface area contributed by atoms with Crippen LogP contribution in [0.25, 0.3) is 0 Å². The number of hydrogen-bond acceptors (Lipinski definition) is 4. The van der Waals surface area contributed by atoms with Crippen molar-refractivity contribution >= 4 is 5.91 Å². The molecule has 0 saturated carbocycles. The molecule has 1 fully saturated rings. The third-order valence-electron chi connectivity index (χ3n) is 3.27. The molecule has 5 heteroatoms. The van der Waals surface area contributed by atoms with Gasteiger partial charge in [0.05, 0.1) is 18.3 Å². The van der Waals surface area contributed by atoms with Crippen LogP contribution in [0.3, 0.4) is 0 Å². The molecule has 1 atom stereocenters. The summed E-state index contributed by atoms with van der Waals surface area (Å²) in [5.41, 5.74) is -0.366. The fourth-order valence-corrected chi connectivity index (χ4v) is 2.42. The lowest BCUT2D eigenvalue weighted by atomic mass is 9.91. The summed E-state index contributed by atoms with van der Waals surface area (Å²) in [6, 6.07) is 1.76. The van der Waals surface area contributed by atoms with E-state index in [-0.39, 0.29) is 11.4 Å². The molecule has 0 aromatic carbocycles. The minimum atomic E-state index is -0.366. The molecule has 94 valence electrons. The topological polar surface area (TPSA) is 67.2 Å². The summed E-state index contributed by atoms with van der Waals surface area (Å²) in [5, 5.41) is 9.87. The van der Waals surface area contributed by atoms with E-state index in [2.05, 4.69) is 22.7 Å². The second kappa shape index (κ2) is 5.31. The van der Waals surface area contributed by atoms with E-state index >= 15 is 0 Å². The van der Waals surface area contributed by atoms with E-state index in [0.717, 1.165) is 32.2 Å². The van der Waals surface area contributed by atoms with Gasteiger partial charge < -0.3 is 15.2 Å². The van der Waals surface area contributed by atoms with Gasteiger partial charge in [-0.1, -0.05) is 18.5 Å². The molecular formula is C12H19N3O2. The van der Waals surface area contributed by atoms with Gasteiger partial charge in [0.1, 0.15) is 0 Å². The van der Waals surface area contributed by atoms with E-state index in [9.17, 15) is 4.79 Å². The van der Waals surface area contributed by atoms with Gasteiger partial charge in [0, 0.05) is 6.07 Å².